The van der Waals surface area contributed by atoms with E-state index in [1.54, 1.807) is 12.1 Å². The van der Waals surface area contributed by atoms with Crippen molar-refractivity contribution < 1.29 is 22.7 Å². The third kappa shape index (κ3) is 5.84. The van der Waals surface area contributed by atoms with Gasteiger partial charge < -0.3 is 19.9 Å². The van der Waals surface area contributed by atoms with Gasteiger partial charge in [-0.3, -0.25) is 4.79 Å². The van der Waals surface area contributed by atoms with E-state index in [-0.39, 0.29) is 23.7 Å². The second-order valence-corrected chi connectivity index (χ2v) is 8.29. The zero-order chi connectivity index (χ0) is 23.4. The molecule has 0 saturated heterocycles. The Morgan fingerprint density at radius 3 is 2.79 bits per heavy atom. The third-order valence-electron chi connectivity index (χ3n) is 6.01. The van der Waals surface area contributed by atoms with Crippen LogP contribution in [0.3, 0.4) is 0 Å². The number of imidazole rings is 1. The van der Waals surface area contributed by atoms with Crippen LogP contribution in [0.15, 0.2) is 48.5 Å². The molecule has 4 rings (SSSR count). The summed E-state index contributed by atoms with van der Waals surface area (Å²) in [5, 5.41) is 3.44. The van der Waals surface area contributed by atoms with Crippen molar-refractivity contribution >= 4 is 16.9 Å². The summed E-state index contributed by atoms with van der Waals surface area (Å²) in [5.74, 6) is 0.00266. The van der Waals surface area contributed by atoms with E-state index in [0.717, 1.165) is 36.7 Å². The van der Waals surface area contributed by atoms with E-state index in [0.29, 0.717) is 24.5 Å². The predicted molar refractivity (Wildman–Crippen MR) is 119 cm³/mol. The Balaban J connectivity index is 1.38. The molecule has 2 unspecified atom stereocenters. The van der Waals surface area contributed by atoms with Crippen molar-refractivity contribution in [2.75, 3.05) is 6.54 Å². The number of carbonyl (C=O) groups excluding carboxylic acids is 1. The quantitative estimate of drug-likeness (QED) is 0.519. The number of hydrogen-bond acceptors (Lipinski definition) is 4. The molecule has 1 aliphatic carbocycles. The highest BCUT2D eigenvalue weighted by molar-refractivity contribution is 5.94. The van der Waals surface area contributed by atoms with Crippen LogP contribution in [0.2, 0.25) is 0 Å². The normalized spacial score (nSPS) is 18.9. The molecule has 33 heavy (non-hydrogen) atoms. The molecule has 2 atom stereocenters. The minimum atomic E-state index is -4.71. The standard InChI is InChI=1S/C24H27F3N4O2/c1-2-31(23(32)22-29-20-11-3-4-12-21(20)30-22)18-9-6-8-17(14-18)28-15-16-7-5-10-19(13-16)33-24(25,26)27/h3-5,7,10-13,17-18,28H,2,6,8-9,14-15H2,1H3,(H,29,30). The number of rotatable bonds is 7. The highest BCUT2D eigenvalue weighted by Crippen LogP contribution is 2.26. The van der Waals surface area contributed by atoms with Crippen LogP contribution in [0.5, 0.6) is 5.75 Å². The molecule has 1 saturated carbocycles. The van der Waals surface area contributed by atoms with Gasteiger partial charge in [-0.05, 0) is 62.4 Å². The molecular formula is C24H27F3N4O2. The van der Waals surface area contributed by atoms with Crippen molar-refractivity contribution in [3.05, 3.63) is 59.9 Å². The molecule has 0 spiro atoms. The molecule has 6 nitrogen and oxygen atoms in total. The average Bonchev–Trinajstić information content (AvgIpc) is 3.22. The first-order valence-electron chi connectivity index (χ1n) is 11.2. The summed E-state index contributed by atoms with van der Waals surface area (Å²) >= 11 is 0. The number of hydrogen-bond donors (Lipinski definition) is 2. The van der Waals surface area contributed by atoms with Crippen LogP contribution >= 0.6 is 0 Å². The third-order valence-corrected chi connectivity index (χ3v) is 6.01. The van der Waals surface area contributed by atoms with E-state index in [9.17, 15) is 18.0 Å². The maximum Gasteiger partial charge on any atom is 0.573 e. The number of aromatic nitrogens is 2. The molecule has 1 aliphatic rings. The van der Waals surface area contributed by atoms with Crippen LogP contribution in [0.25, 0.3) is 11.0 Å². The number of carbonyl (C=O) groups is 1. The van der Waals surface area contributed by atoms with E-state index in [1.807, 2.05) is 36.1 Å². The molecular weight excluding hydrogens is 433 g/mol. The lowest BCUT2D eigenvalue weighted by molar-refractivity contribution is -0.274. The second kappa shape index (κ2) is 9.82. The molecule has 0 bridgehead atoms. The fraction of sp³-hybridized carbons (Fsp3) is 0.417. The Bertz CT molecular complexity index is 1070. The van der Waals surface area contributed by atoms with Gasteiger partial charge in [0.05, 0.1) is 11.0 Å². The number of nitrogens with one attached hydrogen (secondary N) is 2. The number of fused-ring (bicyclic) bond motifs is 1. The lowest BCUT2D eigenvalue weighted by Crippen LogP contribution is -2.47. The van der Waals surface area contributed by atoms with Gasteiger partial charge in [0.15, 0.2) is 5.82 Å². The number of ether oxygens (including phenoxy) is 1. The van der Waals surface area contributed by atoms with E-state index < -0.39 is 6.36 Å². The summed E-state index contributed by atoms with van der Waals surface area (Å²) in [6.07, 6.45) is -1.11. The van der Waals surface area contributed by atoms with Gasteiger partial charge in [-0.25, -0.2) is 4.98 Å². The zero-order valence-electron chi connectivity index (χ0n) is 18.4. The summed E-state index contributed by atoms with van der Waals surface area (Å²) in [5.41, 5.74) is 2.30. The smallest absolute Gasteiger partial charge is 0.406 e. The van der Waals surface area contributed by atoms with Gasteiger partial charge in [0.1, 0.15) is 5.75 Å². The van der Waals surface area contributed by atoms with Crippen molar-refractivity contribution in [1.29, 1.82) is 0 Å². The number of amides is 1. The molecule has 1 aromatic heterocycles. The van der Waals surface area contributed by atoms with Gasteiger partial charge in [0, 0.05) is 25.2 Å². The number of H-pyrrole nitrogens is 1. The van der Waals surface area contributed by atoms with Gasteiger partial charge in [-0.15, -0.1) is 13.2 Å². The van der Waals surface area contributed by atoms with Gasteiger partial charge >= 0.3 is 6.36 Å². The highest BCUT2D eigenvalue weighted by atomic mass is 19.4. The number of alkyl halides is 3. The maximum absolute atomic E-state index is 13.2. The van der Waals surface area contributed by atoms with E-state index in [4.69, 9.17) is 0 Å². The van der Waals surface area contributed by atoms with Crippen molar-refractivity contribution in [3.8, 4) is 5.75 Å². The van der Waals surface area contributed by atoms with Crippen LogP contribution in [0.4, 0.5) is 13.2 Å². The van der Waals surface area contributed by atoms with Gasteiger partial charge in [-0.2, -0.15) is 0 Å². The van der Waals surface area contributed by atoms with Crippen molar-refractivity contribution in [2.24, 2.45) is 0 Å². The lowest BCUT2D eigenvalue weighted by atomic mass is 9.89. The summed E-state index contributed by atoms with van der Waals surface area (Å²) in [7, 11) is 0. The van der Waals surface area contributed by atoms with E-state index in [1.165, 1.54) is 12.1 Å². The minimum absolute atomic E-state index is 0.0712. The van der Waals surface area contributed by atoms with E-state index >= 15 is 0 Å². The molecule has 0 radical (unpaired) electrons. The first kappa shape index (κ1) is 23.1. The van der Waals surface area contributed by atoms with Crippen LogP contribution in [0, 0.1) is 0 Å². The van der Waals surface area contributed by atoms with Gasteiger partial charge in [0.2, 0.25) is 0 Å². The summed E-state index contributed by atoms with van der Waals surface area (Å²) in [4.78, 5) is 22.6. The van der Waals surface area contributed by atoms with E-state index in [2.05, 4.69) is 20.0 Å². The lowest BCUT2D eigenvalue weighted by Gasteiger charge is -2.37. The number of nitrogens with zero attached hydrogens (tertiary/aromatic N) is 2. The van der Waals surface area contributed by atoms with Crippen LogP contribution < -0.4 is 10.1 Å². The summed E-state index contributed by atoms with van der Waals surface area (Å²) < 4.78 is 41.4. The maximum atomic E-state index is 13.2. The molecule has 176 valence electrons. The molecule has 1 fully saturated rings. The van der Waals surface area contributed by atoms with Gasteiger partial charge in [-0.1, -0.05) is 24.3 Å². The predicted octanol–water partition coefficient (Wildman–Crippen LogP) is 5.02. The first-order valence-corrected chi connectivity index (χ1v) is 11.2. The summed E-state index contributed by atoms with van der Waals surface area (Å²) in [6, 6.07) is 13.8. The second-order valence-electron chi connectivity index (χ2n) is 8.29. The highest BCUT2D eigenvalue weighted by Gasteiger charge is 2.32. The van der Waals surface area contributed by atoms with Crippen molar-refractivity contribution in [3.63, 3.8) is 0 Å². The number of benzene rings is 2. The number of para-hydroxylation sites is 2. The van der Waals surface area contributed by atoms with Crippen LogP contribution in [-0.4, -0.2) is 45.8 Å². The monoisotopic (exact) mass is 460 g/mol. The summed E-state index contributed by atoms with van der Waals surface area (Å²) in [6.45, 7) is 2.96. The Morgan fingerprint density at radius 2 is 2.03 bits per heavy atom. The van der Waals surface area contributed by atoms with Crippen LogP contribution in [0.1, 0.15) is 48.8 Å². The molecule has 1 heterocycles. The average molecular weight is 461 g/mol. The topological polar surface area (TPSA) is 70.2 Å². The Hall–Kier alpha value is -3.07. The van der Waals surface area contributed by atoms with Crippen molar-refractivity contribution in [1.82, 2.24) is 20.2 Å². The first-order chi connectivity index (χ1) is 15.8. The SMILES string of the molecule is CCN(C(=O)c1nc2ccccc2[nH]1)C1CCCC(NCc2cccc(OC(F)(F)F)c2)C1. The fourth-order valence-corrected chi connectivity index (χ4v) is 4.50. The number of halogens is 3. The minimum Gasteiger partial charge on any atom is -0.406 e. The molecule has 3 aromatic rings. The Kier molecular flexibility index (Phi) is 6.88. The molecule has 0 aliphatic heterocycles. The Labute approximate surface area is 190 Å². The molecule has 9 heteroatoms. The Morgan fingerprint density at radius 1 is 1.21 bits per heavy atom. The van der Waals surface area contributed by atoms with Gasteiger partial charge in [0.25, 0.3) is 5.91 Å². The van der Waals surface area contributed by atoms with Crippen LogP contribution in [-0.2, 0) is 6.54 Å². The molecule has 2 aromatic carbocycles. The largest absolute Gasteiger partial charge is 0.573 e. The molecule has 1 amide bonds. The fourth-order valence-electron chi connectivity index (χ4n) is 4.50. The zero-order valence-corrected chi connectivity index (χ0v) is 18.4. The molecule has 2 N–H and O–H groups in total. The van der Waals surface area contributed by atoms with Crippen molar-refractivity contribution in [2.45, 2.75) is 57.6 Å². The number of aromatic amines is 1.